The normalized spacial score (nSPS) is 11.5. The van der Waals surface area contributed by atoms with Gasteiger partial charge in [0.15, 0.2) is 0 Å². The molecule has 0 saturated heterocycles. The van der Waals surface area contributed by atoms with Gasteiger partial charge in [0, 0.05) is 21.8 Å². The molecule has 3 aromatic heterocycles. The summed E-state index contributed by atoms with van der Waals surface area (Å²) in [5.41, 5.74) is 5.71. The first-order chi connectivity index (χ1) is 29.8. The van der Waals surface area contributed by atoms with Crippen molar-refractivity contribution >= 4 is 47.0 Å². The quantitative estimate of drug-likeness (QED) is 0.0766. The number of hydrogen-bond donors (Lipinski definition) is 4. The van der Waals surface area contributed by atoms with Gasteiger partial charge in [-0.2, -0.15) is 0 Å². The number of hydrogen-bond acceptors (Lipinski definition) is 10. The number of benzene rings is 3. The molecule has 16 heteroatoms. The maximum atomic E-state index is 13.0. The number of amides is 2. The van der Waals surface area contributed by atoms with Crippen LogP contribution in [0.15, 0.2) is 109 Å². The van der Waals surface area contributed by atoms with Crippen LogP contribution in [0.1, 0.15) is 68.2 Å². The number of carboxylic acid groups (broad SMARTS) is 2. The van der Waals surface area contributed by atoms with Crippen molar-refractivity contribution in [3.63, 3.8) is 0 Å². The molecular formula is C46H43Cl2N5O9. The fourth-order valence-electron chi connectivity index (χ4n) is 6.41. The van der Waals surface area contributed by atoms with E-state index in [0.29, 0.717) is 55.5 Å². The number of nitrogens with zero attached hydrogens (tertiary/aromatic N) is 3. The number of nitrogens with one attached hydrogen (secondary N) is 2. The minimum absolute atomic E-state index is 0.0733. The lowest BCUT2D eigenvalue weighted by Gasteiger charge is -2.19. The van der Waals surface area contributed by atoms with E-state index in [-0.39, 0.29) is 24.2 Å². The molecule has 4 N–H and O–H groups in total. The summed E-state index contributed by atoms with van der Waals surface area (Å²) in [6.07, 6.45) is 0.926. The van der Waals surface area contributed by atoms with E-state index in [1.165, 1.54) is 20.3 Å². The molecule has 3 aromatic carbocycles. The zero-order valence-corrected chi connectivity index (χ0v) is 35.8. The number of carboxylic acids is 2. The van der Waals surface area contributed by atoms with Gasteiger partial charge in [-0.25, -0.2) is 15.0 Å². The molecule has 2 amide bonds. The summed E-state index contributed by atoms with van der Waals surface area (Å²) in [5.74, 6) is -1.89. The predicted octanol–water partition coefficient (Wildman–Crippen LogP) is 8.73. The Labute approximate surface area is 367 Å². The predicted molar refractivity (Wildman–Crippen MR) is 234 cm³/mol. The monoisotopic (exact) mass is 879 g/mol. The lowest BCUT2D eigenvalue weighted by molar-refractivity contribution is -0.138. The molecule has 0 aliphatic heterocycles. The fourth-order valence-corrected chi connectivity index (χ4v) is 6.94. The molecule has 320 valence electrons. The van der Waals surface area contributed by atoms with Crippen molar-refractivity contribution in [3.8, 4) is 39.9 Å². The average Bonchev–Trinajstić information content (AvgIpc) is 3.26. The van der Waals surface area contributed by atoms with Crippen LogP contribution in [0.2, 0.25) is 10.0 Å². The average molecular weight is 881 g/mol. The molecule has 3 heterocycles. The van der Waals surface area contributed by atoms with Crippen LogP contribution in [-0.2, 0) is 9.59 Å². The standard InChI is InChI=1S/C24H23ClN2O4.C22H20ClN3O5/c1-14-7-6-9-16(15(14)2)23-21(31-3)12-11-19(26-23)24(30)27-20(13-22(28)29)17-8-4-5-10-18(17)25;1-30-18-10-9-16(25-20(18)14-7-5-11-24-22(14)31-2)21(29)26-17(12-19(27)28)13-6-3-4-8-15(13)23/h4-12,20H,13H2,1-3H3,(H,27,30)(H,28,29);3-11,17H,12H2,1-2H3,(H,26,29)(H,27,28)/t20-;17-/m00/s1. The number of pyridine rings is 3. The summed E-state index contributed by atoms with van der Waals surface area (Å²) in [4.78, 5) is 61.8. The number of aromatic nitrogens is 3. The van der Waals surface area contributed by atoms with Crippen LogP contribution in [0.3, 0.4) is 0 Å². The van der Waals surface area contributed by atoms with E-state index < -0.39 is 35.8 Å². The van der Waals surface area contributed by atoms with Crippen LogP contribution >= 0.6 is 23.2 Å². The highest BCUT2D eigenvalue weighted by Gasteiger charge is 2.25. The van der Waals surface area contributed by atoms with Crippen molar-refractivity contribution in [1.82, 2.24) is 25.6 Å². The summed E-state index contributed by atoms with van der Waals surface area (Å²) < 4.78 is 16.1. The van der Waals surface area contributed by atoms with E-state index in [2.05, 4.69) is 25.6 Å². The summed E-state index contributed by atoms with van der Waals surface area (Å²) in [5, 5.41) is 24.8. The third kappa shape index (κ3) is 11.4. The van der Waals surface area contributed by atoms with Crippen molar-refractivity contribution in [1.29, 1.82) is 0 Å². The Bertz CT molecular complexity index is 2590. The van der Waals surface area contributed by atoms with E-state index in [9.17, 15) is 29.4 Å². The summed E-state index contributed by atoms with van der Waals surface area (Å²) in [6.45, 7) is 3.99. The molecule has 0 spiro atoms. The Hall–Kier alpha value is -7.03. The van der Waals surface area contributed by atoms with E-state index in [1.54, 1.807) is 92.2 Å². The van der Waals surface area contributed by atoms with Crippen LogP contribution < -0.4 is 24.8 Å². The largest absolute Gasteiger partial charge is 0.494 e. The zero-order valence-electron chi connectivity index (χ0n) is 34.3. The van der Waals surface area contributed by atoms with Gasteiger partial charge in [0.2, 0.25) is 5.88 Å². The molecule has 6 aromatic rings. The molecule has 0 aliphatic carbocycles. The number of ether oxygens (including phenoxy) is 3. The van der Waals surface area contributed by atoms with Gasteiger partial charge in [-0.3, -0.25) is 19.2 Å². The lowest BCUT2D eigenvalue weighted by Crippen LogP contribution is -2.31. The highest BCUT2D eigenvalue weighted by molar-refractivity contribution is 6.31. The van der Waals surface area contributed by atoms with Crippen LogP contribution in [0.25, 0.3) is 22.5 Å². The third-order valence-corrected chi connectivity index (χ3v) is 10.3. The van der Waals surface area contributed by atoms with Gasteiger partial charge in [0.1, 0.15) is 34.3 Å². The third-order valence-electron chi connectivity index (χ3n) is 9.63. The van der Waals surface area contributed by atoms with Gasteiger partial charge in [0.05, 0.1) is 51.8 Å². The minimum atomic E-state index is -1.08. The Balaban J connectivity index is 0.000000234. The van der Waals surface area contributed by atoms with Crippen molar-refractivity contribution in [2.75, 3.05) is 21.3 Å². The van der Waals surface area contributed by atoms with E-state index in [1.807, 2.05) is 32.0 Å². The molecule has 14 nitrogen and oxygen atoms in total. The number of carbonyl (C=O) groups is 4. The molecule has 0 fully saturated rings. The Morgan fingerprint density at radius 2 is 1.06 bits per heavy atom. The first-order valence-corrected chi connectivity index (χ1v) is 19.7. The maximum absolute atomic E-state index is 13.0. The van der Waals surface area contributed by atoms with Gasteiger partial charge in [-0.15, -0.1) is 0 Å². The number of carbonyl (C=O) groups excluding carboxylic acids is 2. The van der Waals surface area contributed by atoms with Crippen molar-refractivity contribution in [3.05, 3.63) is 153 Å². The maximum Gasteiger partial charge on any atom is 0.305 e. The second kappa shape index (κ2) is 21.5. The molecule has 0 radical (unpaired) electrons. The molecule has 0 aliphatic rings. The van der Waals surface area contributed by atoms with Gasteiger partial charge >= 0.3 is 11.9 Å². The van der Waals surface area contributed by atoms with Crippen LogP contribution in [0.4, 0.5) is 0 Å². The first kappa shape index (κ1) is 46.0. The summed E-state index contributed by atoms with van der Waals surface area (Å²) in [7, 11) is 4.52. The molecule has 0 unspecified atom stereocenters. The SMILES string of the molecule is COc1ccc(C(=O)N[C@@H](CC(=O)O)c2ccccc2Cl)nc1-c1cccc(C)c1C.COc1ccc(C(=O)N[C@@H](CC(=O)O)c2ccccc2Cl)nc1-c1cccnc1OC. The van der Waals surface area contributed by atoms with Crippen molar-refractivity contribution in [2.24, 2.45) is 0 Å². The highest BCUT2D eigenvalue weighted by atomic mass is 35.5. The number of halogens is 2. The molecule has 6 rings (SSSR count). The van der Waals surface area contributed by atoms with E-state index >= 15 is 0 Å². The van der Waals surface area contributed by atoms with Crippen LogP contribution in [0, 0.1) is 13.8 Å². The molecule has 0 saturated carbocycles. The zero-order chi connectivity index (χ0) is 44.9. The van der Waals surface area contributed by atoms with Gasteiger partial charge in [-0.1, -0.05) is 77.8 Å². The first-order valence-electron chi connectivity index (χ1n) is 19.0. The molecular weight excluding hydrogens is 837 g/mol. The topological polar surface area (TPSA) is 199 Å². The fraction of sp³-hybridized carbons (Fsp3) is 0.196. The molecule has 0 bridgehead atoms. The number of aliphatic carboxylic acids is 2. The lowest BCUT2D eigenvalue weighted by atomic mass is 9.99. The Morgan fingerprint density at radius 3 is 1.52 bits per heavy atom. The van der Waals surface area contributed by atoms with Crippen molar-refractivity contribution in [2.45, 2.75) is 38.8 Å². The van der Waals surface area contributed by atoms with E-state index in [4.69, 9.17) is 37.4 Å². The Kier molecular flexibility index (Phi) is 15.9. The van der Waals surface area contributed by atoms with Crippen LogP contribution in [0.5, 0.6) is 17.4 Å². The number of rotatable bonds is 15. The van der Waals surface area contributed by atoms with Crippen molar-refractivity contribution < 1.29 is 43.6 Å². The summed E-state index contributed by atoms with van der Waals surface area (Å²) in [6, 6.07) is 27.6. The molecule has 2 atom stereocenters. The van der Waals surface area contributed by atoms with E-state index in [0.717, 1.165) is 16.7 Å². The van der Waals surface area contributed by atoms with Gasteiger partial charge in [0.25, 0.3) is 11.8 Å². The second-order valence-corrected chi connectivity index (χ2v) is 14.4. The van der Waals surface area contributed by atoms with Gasteiger partial charge < -0.3 is 35.1 Å². The molecule has 62 heavy (non-hydrogen) atoms. The highest BCUT2D eigenvalue weighted by Crippen LogP contribution is 2.35. The second-order valence-electron chi connectivity index (χ2n) is 13.6. The summed E-state index contributed by atoms with van der Waals surface area (Å²) >= 11 is 12.4. The minimum Gasteiger partial charge on any atom is -0.494 e. The van der Waals surface area contributed by atoms with Crippen LogP contribution in [-0.4, -0.2) is 70.2 Å². The number of aryl methyl sites for hydroxylation is 1. The number of methoxy groups -OCH3 is 3. The van der Waals surface area contributed by atoms with Gasteiger partial charge in [-0.05, 0) is 84.6 Å². The Morgan fingerprint density at radius 1 is 0.597 bits per heavy atom. The smallest absolute Gasteiger partial charge is 0.305 e.